The van der Waals surface area contributed by atoms with E-state index in [1.54, 1.807) is 12.1 Å². The Morgan fingerprint density at radius 3 is 2.53 bits per heavy atom. The van der Waals surface area contributed by atoms with Crippen LogP contribution in [0.15, 0.2) is 59.8 Å². The molecular formula is C25H30N4O6S. The lowest BCUT2D eigenvalue weighted by Crippen LogP contribution is -2.53. The molecule has 1 N–H and O–H groups in total. The number of rotatable bonds is 8. The fourth-order valence-electron chi connectivity index (χ4n) is 4.76. The number of pyridine rings is 1. The molecule has 2 aliphatic rings. The number of hydrogen-bond acceptors (Lipinski definition) is 7. The van der Waals surface area contributed by atoms with Crippen LogP contribution in [-0.2, 0) is 31.0 Å². The first-order valence-corrected chi connectivity index (χ1v) is 13.4. The highest BCUT2D eigenvalue weighted by Crippen LogP contribution is 2.34. The quantitative estimate of drug-likeness (QED) is 0.571. The minimum Gasteiger partial charge on any atom is -0.445 e. The molecule has 2 aromatic rings. The van der Waals surface area contributed by atoms with Crippen molar-refractivity contribution in [3.63, 3.8) is 0 Å². The van der Waals surface area contributed by atoms with Crippen LogP contribution in [0.1, 0.15) is 32.3 Å². The molecule has 3 atom stereocenters. The van der Waals surface area contributed by atoms with Crippen LogP contribution in [0.4, 0.5) is 4.79 Å². The van der Waals surface area contributed by atoms with Crippen molar-refractivity contribution in [2.75, 3.05) is 13.1 Å². The highest BCUT2D eigenvalue weighted by atomic mass is 32.2. The van der Waals surface area contributed by atoms with E-state index in [2.05, 4.69) is 10.3 Å². The summed E-state index contributed by atoms with van der Waals surface area (Å²) in [5, 5.41) is 2.52. The van der Waals surface area contributed by atoms with E-state index in [1.165, 1.54) is 17.2 Å². The summed E-state index contributed by atoms with van der Waals surface area (Å²) in [6.07, 6.45) is 1.31. The first kappa shape index (κ1) is 25.8. The van der Waals surface area contributed by atoms with Crippen LogP contribution >= 0.6 is 0 Å². The molecule has 1 aromatic heterocycles. The summed E-state index contributed by atoms with van der Waals surface area (Å²) >= 11 is 0. The maximum absolute atomic E-state index is 13.5. The van der Waals surface area contributed by atoms with Crippen molar-refractivity contribution in [3.8, 4) is 0 Å². The van der Waals surface area contributed by atoms with Gasteiger partial charge in [0.1, 0.15) is 18.7 Å². The summed E-state index contributed by atoms with van der Waals surface area (Å²) < 4.78 is 32.7. The van der Waals surface area contributed by atoms with E-state index in [9.17, 15) is 22.8 Å². The van der Waals surface area contributed by atoms with Gasteiger partial charge >= 0.3 is 6.09 Å². The molecular weight excluding hydrogens is 484 g/mol. The Bertz CT molecular complexity index is 1210. The SMILES string of the molecule is CC(C)CC(NC(=O)OCc1ccccc1)C(=O)N1CCC2C1C(=O)CN2S(=O)(=O)c1ccccn1. The van der Waals surface area contributed by atoms with Crippen molar-refractivity contribution in [2.45, 2.75) is 56.4 Å². The van der Waals surface area contributed by atoms with Crippen LogP contribution in [0, 0.1) is 5.92 Å². The third kappa shape index (κ3) is 5.41. The van der Waals surface area contributed by atoms with Gasteiger partial charge in [0, 0.05) is 12.7 Å². The lowest BCUT2D eigenvalue weighted by molar-refractivity contribution is -0.138. The second-order valence-electron chi connectivity index (χ2n) is 9.41. The fourth-order valence-corrected chi connectivity index (χ4v) is 6.32. The van der Waals surface area contributed by atoms with E-state index >= 15 is 0 Å². The first-order valence-electron chi connectivity index (χ1n) is 11.9. The lowest BCUT2D eigenvalue weighted by atomic mass is 10.0. The van der Waals surface area contributed by atoms with Crippen molar-refractivity contribution in [2.24, 2.45) is 5.92 Å². The average molecular weight is 515 g/mol. The topological polar surface area (TPSA) is 126 Å². The van der Waals surface area contributed by atoms with Crippen LogP contribution in [-0.4, -0.2) is 71.6 Å². The highest BCUT2D eigenvalue weighted by molar-refractivity contribution is 7.89. The zero-order valence-electron chi connectivity index (χ0n) is 20.2. The number of sulfonamides is 1. The summed E-state index contributed by atoms with van der Waals surface area (Å²) in [6.45, 7) is 3.79. The van der Waals surface area contributed by atoms with Gasteiger partial charge in [-0.15, -0.1) is 0 Å². The number of ether oxygens (including phenoxy) is 1. The molecule has 3 heterocycles. The Balaban J connectivity index is 1.47. The van der Waals surface area contributed by atoms with Crippen molar-refractivity contribution in [1.29, 1.82) is 0 Å². The number of carbonyl (C=O) groups is 3. The number of likely N-dealkylation sites (tertiary alicyclic amines) is 1. The zero-order chi connectivity index (χ0) is 25.9. The Morgan fingerprint density at radius 2 is 1.86 bits per heavy atom. The van der Waals surface area contributed by atoms with E-state index < -0.39 is 40.1 Å². The number of benzene rings is 1. The molecule has 2 amide bonds. The predicted molar refractivity (Wildman–Crippen MR) is 130 cm³/mol. The van der Waals surface area contributed by atoms with Gasteiger partial charge in [-0.25, -0.2) is 18.2 Å². The van der Waals surface area contributed by atoms with Gasteiger partial charge in [0.2, 0.25) is 5.91 Å². The second-order valence-corrected chi connectivity index (χ2v) is 11.2. The van der Waals surface area contributed by atoms with Gasteiger partial charge in [0.25, 0.3) is 10.0 Å². The Kier molecular flexibility index (Phi) is 7.70. The number of amides is 2. The Morgan fingerprint density at radius 1 is 1.14 bits per heavy atom. The van der Waals surface area contributed by atoms with Crippen LogP contribution in [0.2, 0.25) is 0 Å². The number of nitrogens with one attached hydrogen (secondary N) is 1. The fraction of sp³-hybridized carbons (Fsp3) is 0.440. The van der Waals surface area contributed by atoms with Gasteiger partial charge in [0.15, 0.2) is 10.8 Å². The molecule has 0 spiro atoms. The van der Waals surface area contributed by atoms with Gasteiger partial charge in [-0.2, -0.15) is 4.31 Å². The molecule has 0 radical (unpaired) electrons. The molecule has 0 aliphatic carbocycles. The predicted octanol–water partition coefficient (Wildman–Crippen LogP) is 1.97. The van der Waals surface area contributed by atoms with Crippen LogP contribution < -0.4 is 5.32 Å². The summed E-state index contributed by atoms with van der Waals surface area (Å²) in [5.74, 6) is -0.689. The molecule has 1 aromatic carbocycles. The molecule has 192 valence electrons. The number of alkyl carbamates (subject to hydrolysis) is 1. The number of carbonyl (C=O) groups excluding carboxylic acids is 3. The van der Waals surface area contributed by atoms with E-state index in [1.807, 2.05) is 44.2 Å². The minimum atomic E-state index is -3.99. The number of hydrogen-bond donors (Lipinski definition) is 1. The maximum Gasteiger partial charge on any atom is 0.408 e. The lowest BCUT2D eigenvalue weighted by Gasteiger charge is -2.28. The van der Waals surface area contributed by atoms with Gasteiger partial charge in [-0.3, -0.25) is 9.59 Å². The number of aromatic nitrogens is 1. The normalized spacial score (nSPS) is 20.9. The molecule has 2 aliphatic heterocycles. The van der Waals surface area contributed by atoms with E-state index in [4.69, 9.17) is 4.74 Å². The van der Waals surface area contributed by atoms with Crippen molar-refractivity contribution in [3.05, 3.63) is 60.3 Å². The minimum absolute atomic E-state index is 0.0580. The zero-order valence-corrected chi connectivity index (χ0v) is 21.1. The molecule has 2 fully saturated rings. The second kappa shape index (κ2) is 10.8. The maximum atomic E-state index is 13.5. The summed E-state index contributed by atoms with van der Waals surface area (Å²) in [4.78, 5) is 44.3. The van der Waals surface area contributed by atoms with Crippen molar-refractivity contribution >= 4 is 27.8 Å². The van der Waals surface area contributed by atoms with Gasteiger partial charge in [-0.05, 0) is 36.5 Å². The van der Waals surface area contributed by atoms with Crippen molar-refractivity contribution in [1.82, 2.24) is 19.5 Å². The van der Waals surface area contributed by atoms with Gasteiger partial charge < -0.3 is 15.0 Å². The Hall–Kier alpha value is -3.31. The number of nitrogens with zero attached hydrogens (tertiary/aromatic N) is 3. The van der Waals surface area contributed by atoms with Gasteiger partial charge in [-0.1, -0.05) is 50.2 Å². The molecule has 3 unspecified atom stereocenters. The standard InChI is InChI=1S/C25H30N4O6S/c1-17(2)14-19(27-25(32)35-16-18-8-4-3-5-9-18)24(31)28-13-11-20-23(28)21(30)15-29(20)36(33,34)22-10-6-7-12-26-22/h3-10,12,17,19-20,23H,11,13-16H2,1-2H3,(H,27,32). The van der Waals surface area contributed by atoms with Crippen LogP contribution in [0.25, 0.3) is 0 Å². The van der Waals surface area contributed by atoms with Crippen molar-refractivity contribution < 1.29 is 27.5 Å². The molecule has 11 heteroatoms. The van der Waals surface area contributed by atoms with E-state index in [0.717, 1.165) is 9.87 Å². The molecule has 2 saturated heterocycles. The summed E-state index contributed by atoms with van der Waals surface area (Å²) in [7, 11) is -3.99. The molecule has 10 nitrogen and oxygen atoms in total. The smallest absolute Gasteiger partial charge is 0.408 e. The number of fused-ring (bicyclic) bond motifs is 1. The van der Waals surface area contributed by atoms with E-state index in [-0.39, 0.29) is 36.4 Å². The highest BCUT2D eigenvalue weighted by Gasteiger charge is 2.54. The monoisotopic (exact) mass is 514 g/mol. The molecule has 0 bridgehead atoms. The number of ketones is 1. The largest absolute Gasteiger partial charge is 0.445 e. The third-order valence-corrected chi connectivity index (χ3v) is 8.17. The first-order chi connectivity index (χ1) is 17.2. The summed E-state index contributed by atoms with van der Waals surface area (Å²) in [6, 6.07) is 11.3. The average Bonchev–Trinajstić information content (AvgIpc) is 3.44. The van der Waals surface area contributed by atoms with E-state index in [0.29, 0.717) is 12.8 Å². The summed E-state index contributed by atoms with van der Waals surface area (Å²) in [5.41, 5.74) is 0.813. The van der Waals surface area contributed by atoms with Gasteiger partial charge in [0.05, 0.1) is 12.6 Å². The molecule has 4 rings (SSSR count). The third-order valence-electron chi connectivity index (χ3n) is 6.38. The number of Topliss-reactive ketones (excluding diaryl/α,β-unsaturated/α-hetero) is 1. The van der Waals surface area contributed by atoms with Crippen LogP contribution in [0.5, 0.6) is 0 Å². The molecule has 0 saturated carbocycles. The van der Waals surface area contributed by atoms with Crippen LogP contribution in [0.3, 0.4) is 0 Å². The molecule has 36 heavy (non-hydrogen) atoms. The Labute approximate surface area is 210 Å².